The van der Waals surface area contributed by atoms with Gasteiger partial charge in [0.05, 0.1) is 18.8 Å². The van der Waals surface area contributed by atoms with E-state index in [2.05, 4.69) is 4.90 Å². The lowest BCUT2D eigenvalue weighted by Gasteiger charge is -2.36. The Morgan fingerprint density at radius 2 is 1.95 bits per heavy atom. The number of hydrogen-bond donors (Lipinski definition) is 1. The third-order valence-electron chi connectivity index (χ3n) is 4.44. The van der Waals surface area contributed by atoms with Crippen LogP contribution in [0.3, 0.4) is 0 Å². The smallest absolute Gasteiger partial charge is 0.108 e. The summed E-state index contributed by atoms with van der Waals surface area (Å²) in [6.45, 7) is 4.31. The van der Waals surface area contributed by atoms with Crippen molar-refractivity contribution in [2.45, 2.75) is 44.2 Å². The number of nitrogens with zero attached hydrogens (tertiary/aromatic N) is 1. The largest absolute Gasteiger partial charge is 0.388 e. The molecule has 2 fully saturated rings. The molecule has 2 heterocycles. The number of likely N-dealkylation sites (tertiary alicyclic amines) is 1. The van der Waals surface area contributed by atoms with Gasteiger partial charge in [-0.3, -0.25) is 0 Å². The average Bonchev–Trinajstić information content (AvgIpc) is 3.02. The Bertz CT molecular complexity index is 419. The Balaban J connectivity index is 1.50. The van der Waals surface area contributed by atoms with Crippen molar-refractivity contribution in [3.8, 4) is 0 Å². The molecule has 0 aliphatic carbocycles. The van der Waals surface area contributed by atoms with Gasteiger partial charge in [-0.05, 0) is 37.9 Å². The zero-order valence-corrected chi connectivity index (χ0v) is 12.5. The van der Waals surface area contributed by atoms with Crippen LogP contribution in [-0.2, 0) is 16.1 Å². The minimum atomic E-state index is -0.525. The molecule has 4 heteroatoms. The molecule has 1 aromatic carbocycles. The van der Waals surface area contributed by atoms with Crippen molar-refractivity contribution in [2.24, 2.45) is 0 Å². The molecule has 4 nitrogen and oxygen atoms in total. The molecule has 1 aromatic rings. The van der Waals surface area contributed by atoms with Gasteiger partial charge in [0.1, 0.15) is 6.10 Å². The molecule has 2 aliphatic rings. The Hall–Kier alpha value is -0.940. The van der Waals surface area contributed by atoms with Gasteiger partial charge >= 0.3 is 0 Å². The standard InChI is InChI=1S/C17H25NO3/c19-17-15(21-13-14-6-2-1-3-7-14)8-11-20-16(17)12-18-9-4-5-10-18/h1-3,6-7,15-17,19H,4-5,8-13H2/t15-,16-,17+/m1/s1. The summed E-state index contributed by atoms with van der Waals surface area (Å²) < 4.78 is 11.7. The molecule has 2 saturated heterocycles. The fraction of sp³-hybridized carbons (Fsp3) is 0.647. The Morgan fingerprint density at radius 3 is 2.71 bits per heavy atom. The number of hydrogen-bond acceptors (Lipinski definition) is 4. The third kappa shape index (κ3) is 4.04. The van der Waals surface area contributed by atoms with Gasteiger partial charge in [-0.1, -0.05) is 30.3 Å². The molecule has 1 N–H and O–H groups in total. The number of aliphatic hydroxyl groups excluding tert-OH is 1. The molecule has 0 radical (unpaired) electrons. The van der Waals surface area contributed by atoms with Crippen LogP contribution in [0.15, 0.2) is 30.3 Å². The summed E-state index contributed by atoms with van der Waals surface area (Å²) in [5.74, 6) is 0. The maximum Gasteiger partial charge on any atom is 0.108 e. The molecule has 3 rings (SSSR count). The van der Waals surface area contributed by atoms with E-state index in [0.717, 1.165) is 31.6 Å². The number of aliphatic hydroxyl groups is 1. The molecule has 2 aliphatic heterocycles. The lowest BCUT2D eigenvalue weighted by Crippen LogP contribution is -2.50. The van der Waals surface area contributed by atoms with Crippen LogP contribution in [-0.4, -0.2) is 54.6 Å². The minimum Gasteiger partial charge on any atom is -0.388 e. The van der Waals surface area contributed by atoms with Gasteiger partial charge in [0.15, 0.2) is 0 Å². The second-order valence-corrected chi connectivity index (χ2v) is 6.03. The zero-order chi connectivity index (χ0) is 14.5. The van der Waals surface area contributed by atoms with E-state index in [1.807, 2.05) is 30.3 Å². The Kier molecular flexibility index (Phi) is 5.25. The summed E-state index contributed by atoms with van der Waals surface area (Å²) in [5.41, 5.74) is 1.15. The van der Waals surface area contributed by atoms with Crippen molar-refractivity contribution in [1.29, 1.82) is 0 Å². The highest BCUT2D eigenvalue weighted by Crippen LogP contribution is 2.21. The van der Waals surface area contributed by atoms with Crippen LogP contribution >= 0.6 is 0 Å². The van der Waals surface area contributed by atoms with Gasteiger partial charge in [-0.2, -0.15) is 0 Å². The van der Waals surface area contributed by atoms with Crippen molar-refractivity contribution in [2.75, 3.05) is 26.2 Å². The van der Waals surface area contributed by atoms with E-state index in [1.54, 1.807) is 0 Å². The summed E-state index contributed by atoms with van der Waals surface area (Å²) in [6, 6.07) is 10.1. The van der Waals surface area contributed by atoms with Crippen LogP contribution in [0.5, 0.6) is 0 Å². The van der Waals surface area contributed by atoms with Gasteiger partial charge in [-0.25, -0.2) is 0 Å². The fourth-order valence-electron chi connectivity index (χ4n) is 3.18. The molecule has 0 saturated carbocycles. The summed E-state index contributed by atoms with van der Waals surface area (Å²) in [7, 11) is 0. The fourth-order valence-corrected chi connectivity index (χ4v) is 3.18. The van der Waals surface area contributed by atoms with E-state index < -0.39 is 6.10 Å². The Morgan fingerprint density at radius 1 is 1.19 bits per heavy atom. The second kappa shape index (κ2) is 7.36. The molecule has 21 heavy (non-hydrogen) atoms. The van der Waals surface area contributed by atoms with Crippen LogP contribution in [0, 0.1) is 0 Å². The first kappa shape index (κ1) is 15.0. The second-order valence-electron chi connectivity index (χ2n) is 6.03. The molecule has 0 unspecified atom stereocenters. The van der Waals surface area contributed by atoms with Crippen LogP contribution in [0.2, 0.25) is 0 Å². The van der Waals surface area contributed by atoms with Gasteiger partial charge in [0.25, 0.3) is 0 Å². The molecule has 0 spiro atoms. The molecule has 0 aromatic heterocycles. The predicted molar refractivity (Wildman–Crippen MR) is 81.1 cm³/mol. The highest BCUT2D eigenvalue weighted by molar-refractivity contribution is 5.13. The minimum absolute atomic E-state index is 0.113. The lowest BCUT2D eigenvalue weighted by atomic mass is 10.0. The van der Waals surface area contributed by atoms with Crippen molar-refractivity contribution in [3.63, 3.8) is 0 Å². The maximum atomic E-state index is 10.5. The quantitative estimate of drug-likeness (QED) is 0.898. The average molecular weight is 291 g/mol. The number of benzene rings is 1. The van der Waals surface area contributed by atoms with E-state index >= 15 is 0 Å². The van der Waals surface area contributed by atoms with Crippen molar-refractivity contribution in [3.05, 3.63) is 35.9 Å². The first-order valence-electron chi connectivity index (χ1n) is 8.00. The van der Waals surface area contributed by atoms with E-state index in [1.165, 1.54) is 12.8 Å². The van der Waals surface area contributed by atoms with Gasteiger partial charge in [-0.15, -0.1) is 0 Å². The van der Waals surface area contributed by atoms with Crippen LogP contribution < -0.4 is 0 Å². The van der Waals surface area contributed by atoms with Gasteiger partial charge in [0.2, 0.25) is 0 Å². The number of rotatable bonds is 5. The Labute approximate surface area is 126 Å². The van der Waals surface area contributed by atoms with E-state index in [-0.39, 0.29) is 12.2 Å². The van der Waals surface area contributed by atoms with Crippen molar-refractivity contribution < 1.29 is 14.6 Å². The molecule has 0 bridgehead atoms. The highest BCUT2D eigenvalue weighted by atomic mass is 16.5. The summed E-state index contributed by atoms with van der Waals surface area (Å²) in [6.07, 6.45) is 2.53. The number of ether oxygens (including phenoxy) is 2. The van der Waals surface area contributed by atoms with Gasteiger partial charge < -0.3 is 19.5 Å². The molecular weight excluding hydrogens is 266 g/mol. The van der Waals surface area contributed by atoms with Gasteiger partial charge in [0, 0.05) is 13.2 Å². The highest BCUT2D eigenvalue weighted by Gasteiger charge is 2.34. The van der Waals surface area contributed by atoms with E-state index in [4.69, 9.17) is 9.47 Å². The molecule has 0 amide bonds. The zero-order valence-electron chi connectivity index (χ0n) is 12.5. The maximum absolute atomic E-state index is 10.5. The van der Waals surface area contributed by atoms with E-state index in [9.17, 15) is 5.11 Å². The molecule has 116 valence electrons. The first-order valence-corrected chi connectivity index (χ1v) is 8.00. The predicted octanol–water partition coefficient (Wildman–Crippen LogP) is 1.82. The summed E-state index contributed by atoms with van der Waals surface area (Å²) >= 11 is 0. The van der Waals surface area contributed by atoms with E-state index in [0.29, 0.717) is 13.2 Å². The topological polar surface area (TPSA) is 41.9 Å². The molecular formula is C17H25NO3. The summed E-state index contributed by atoms with van der Waals surface area (Å²) in [5, 5.41) is 10.5. The normalized spacial score (nSPS) is 30.6. The van der Waals surface area contributed by atoms with Crippen LogP contribution in [0.1, 0.15) is 24.8 Å². The lowest BCUT2D eigenvalue weighted by molar-refractivity contribution is -0.162. The third-order valence-corrected chi connectivity index (χ3v) is 4.44. The SMILES string of the molecule is O[C@H]1[C@H](OCc2ccccc2)CCO[C@@H]1CN1CCCC1. The van der Waals surface area contributed by atoms with Crippen LogP contribution in [0.4, 0.5) is 0 Å². The van der Waals surface area contributed by atoms with Crippen molar-refractivity contribution in [1.82, 2.24) is 4.90 Å². The van der Waals surface area contributed by atoms with Crippen LogP contribution in [0.25, 0.3) is 0 Å². The summed E-state index contributed by atoms with van der Waals surface area (Å²) in [4.78, 5) is 2.38. The van der Waals surface area contributed by atoms with Crippen molar-refractivity contribution >= 4 is 0 Å². The monoisotopic (exact) mass is 291 g/mol. The first-order chi connectivity index (χ1) is 10.3. The molecule has 3 atom stereocenters.